The summed E-state index contributed by atoms with van der Waals surface area (Å²) >= 11 is 0. The molecule has 0 amide bonds. The van der Waals surface area contributed by atoms with Gasteiger partial charge >= 0.3 is 0 Å². The minimum Gasteiger partial charge on any atom is -0.382 e. The Bertz CT molecular complexity index is 533. The van der Waals surface area contributed by atoms with Crippen LogP contribution in [0.25, 0.3) is 0 Å². The molecule has 0 radical (unpaired) electrons. The Labute approximate surface area is 264 Å². The smallest absolute Gasteiger partial charge is 0.0704 e. The summed E-state index contributed by atoms with van der Waals surface area (Å²) in [5.74, 6) is 0. The second kappa shape index (κ2) is 36.9. The van der Waals surface area contributed by atoms with Crippen molar-refractivity contribution in [3.05, 3.63) is 0 Å². The zero-order chi connectivity index (χ0) is 31.3. The van der Waals surface area contributed by atoms with Crippen LogP contribution in [0.5, 0.6) is 0 Å². The normalized spacial score (nSPS) is 14.1. The maximum atomic E-state index is 5.79. The average Bonchev–Trinajstić information content (AvgIpc) is 3.05. The van der Waals surface area contributed by atoms with E-state index in [1.807, 2.05) is 0 Å². The van der Waals surface area contributed by atoms with E-state index < -0.39 is 0 Å². The Hall–Kier alpha value is -0.560. The van der Waals surface area contributed by atoms with Crippen molar-refractivity contribution in [2.75, 3.05) is 179 Å². The third kappa shape index (κ3) is 32.8. The van der Waals surface area contributed by atoms with Crippen LogP contribution in [0.3, 0.4) is 0 Å². The van der Waals surface area contributed by atoms with E-state index in [9.17, 15) is 0 Å². The molecule has 1 heterocycles. The van der Waals surface area contributed by atoms with Crippen LogP contribution in [0.2, 0.25) is 0 Å². The maximum Gasteiger partial charge on any atom is 0.0704 e. The van der Waals surface area contributed by atoms with Gasteiger partial charge in [0.1, 0.15) is 0 Å². The largest absolute Gasteiger partial charge is 0.382 e. The maximum absolute atomic E-state index is 5.79. The van der Waals surface area contributed by atoms with Gasteiger partial charge in [-0.3, -0.25) is 0 Å². The Kier molecular flexibility index (Phi) is 34.8. The molecule has 0 unspecified atom stereocenters. The molecule has 0 saturated carbocycles. The van der Waals surface area contributed by atoms with Crippen molar-refractivity contribution in [3.8, 4) is 0 Å². The van der Waals surface area contributed by atoms with Crippen molar-refractivity contribution in [2.24, 2.45) is 0 Å². The summed E-state index contributed by atoms with van der Waals surface area (Å²) in [7, 11) is 1.65. The molecule has 0 aromatic carbocycles. The predicted octanol–water partition coefficient (Wildman–Crippen LogP) is 0.584. The number of hydrogen-bond acceptors (Lipinski definition) is 14. The lowest BCUT2D eigenvalue weighted by atomic mass is 10.1. The van der Waals surface area contributed by atoms with Crippen molar-refractivity contribution in [1.29, 1.82) is 0 Å². The fourth-order valence-electron chi connectivity index (χ4n) is 3.68. The molecule has 14 nitrogen and oxygen atoms in total. The van der Waals surface area contributed by atoms with Crippen molar-refractivity contribution >= 4 is 0 Å². The molecule has 0 aromatic rings. The molecule has 1 aliphatic heterocycles. The van der Waals surface area contributed by atoms with Crippen LogP contribution < -0.4 is 5.32 Å². The number of nitrogens with one attached hydrogen (secondary N) is 1. The van der Waals surface area contributed by atoms with Gasteiger partial charge < -0.3 is 66.9 Å². The van der Waals surface area contributed by atoms with Gasteiger partial charge in [0.25, 0.3) is 0 Å². The highest BCUT2D eigenvalue weighted by molar-refractivity contribution is 4.67. The summed E-state index contributed by atoms with van der Waals surface area (Å²) in [5.41, 5.74) is 0. The van der Waals surface area contributed by atoms with E-state index >= 15 is 0 Å². The monoisotopic (exact) mass is 643 g/mol. The van der Waals surface area contributed by atoms with Gasteiger partial charge in [0.2, 0.25) is 0 Å². The van der Waals surface area contributed by atoms with E-state index in [-0.39, 0.29) is 0 Å². The predicted molar refractivity (Wildman–Crippen MR) is 163 cm³/mol. The van der Waals surface area contributed by atoms with E-state index in [2.05, 4.69) is 5.32 Å². The fourth-order valence-corrected chi connectivity index (χ4v) is 3.68. The van der Waals surface area contributed by atoms with E-state index in [0.717, 1.165) is 25.9 Å². The molecule has 14 heteroatoms. The number of ether oxygens (including phenoxy) is 13. The highest BCUT2D eigenvalue weighted by Gasteiger charge is 2.12. The molecule has 44 heavy (non-hydrogen) atoms. The van der Waals surface area contributed by atoms with Crippen LogP contribution in [0.4, 0.5) is 0 Å². The van der Waals surface area contributed by atoms with Gasteiger partial charge in [0, 0.05) is 7.11 Å². The van der Waals surface area contributed by atoms with Crippen LogP contribution in [-0.4, -0.2) is 185 Å². The van der Waals surface area contributed by atoms with Gasteiger partial charge in [-0.05, 0) is 25.9 Å². The van der Waals surface area contributed by atoms with Gasteiger partial charge in [0.15, 0.2) is 0 Å². The zero-order valence-electron chi connectivity index (χ0n) is 27.2. The lowest BCUT2D eigenvalue weighted by Crippen LogP contribution is -2.33. The van der Waals surface area contributed by atoms with Crippen molar-refractivity contribution in [1.82, 2.24) is 5.32 Å². The Morgan fingerprint density at radius 1 is 0.341 bits per heavy atom. The average molecular weight is 644 g/mol. The van der Waals surface area contributed by atoms with E-state index in [1.165, 1.54) is 0 Å². The molecule has 1 fully saturated rings. The molecule has 0 aliphatic carbocycles. The van der Waals surface area contributed by atoms with E-state index in [4.69, 9.17) is 61.6 Å². The molecule has 1 N–H and O–H groups in total. The van der Waals surface area contributed by atoms with Crippen molar-refractivity contribution < 1.29 is 61.6 Å². The molecule has 0 atom stereocenters. The van der Waals surface area contributed by atoms with E-state index in [0.29, 0.717) is 165 Å². The summed E-state index contributed by atoms with van der Waals surface area (Å²) in [6, 6.07) is 0. The van der Waals surface area contributed by atoms with E-state index in [1.54, 1.807) is 7.11 Å². The van der Waals surface area contributed by atoms with Crippen LogP contribution in [0.1, 0.15) is 12.8 Å². The molecule has 0 bridgehead atoms. The Balaban J connectivity index is 1.60. The SMILES string of the molecule is COCCOCCOCCOCCOCCOCCOCCOCCOCCOCCOCCOCCOC1CCNCC1. The number of methoxy groups -OCH3 is 1. The minimum absolute atomic E-state index is 0.372. The molecular weight excluding hydrogens is 582 g/mol. The zero-order valence-corrected chi connectivity index (χ0v) is 27.2. The number of hydrogen-bond donors (Lipinski definition) is 1. The van der Waals surface area contributed by atoms with Gasteiger partial charge in [-0.25, -0.2) is 0 Å². The van der Waals surface area contributed by atoms with Gasteiger partial charge in [0.05, 0.1) is 165 Å². The first-order valence-electron chi connectivity index (χ1n) is 16.1. The van der Waals surface area contributed by atoms with Crippen LogP contribution in [-0.2, 0) is 61.6 Å². The summed E-state index contributed by atoms with van der Waals surface area (Å²) in [6.07, 6.45) is 2.53. The Morgan fingerprint density at radius 3 is 0.818 bits per heavy atom. The summed E-state index contributed by atoms with van der Waals surface area (Å²) in [5, 5.41) is 3.33. The third-order valence-electron chi connectivity index (χ3n) is 6.02. The standard InChI is InChI=1S/C30H61NO13/c1-32-6-7-33-8-9-34-10-11-35-12-13-36-14-15-37-16-17-38-18-19-39-20-21-40-22-23-41-24-25-42-26-27-43-28-29-44-30-2-4-31-5-3-30/h30-31H,2-29H2,1H3. The molecule has 264 valence electrons. The van der Waals surface area contributed by atoms with Crippen LogP contribution >= 0.6 is 0 Å². The summed E-state index contributed by atoms with van der Waals surface area (Å²) < 4.78 is 70.7. The fraction of sp³-hybridized carbons (Fsp3) is 1.00. The molecular formula is C30H61NO13. The van der Waals surface area contributed by atoms with Gasteiger partial charge in [-0.2, -0.15) is 0 Å². The summed E-state index contributed by atoms with van der Waals surface area (Å²) in [6.45, 7) is 15.1. The molecule has 1 aliphatic rings. The summed E-state index contributed by atoms with van der Waals surface area (Å²) in [4.78, 5) is 0. The van der Waals surface area contributed by atoms with Gasteiger partial charge in [-0.1, -0.05) is 0 Å². The quantitative estimate of drug-likeness (QED) is 0.0947. The van der Waals surface area contributed by atoms with Gasteiger partial charge in [-0.15, -0.1) is 0 Å². The molecule has 0 aromatic heterocycles. The number of piperidine rings is 1. The second-order valence-corrected chi connectivity index (χ2v) is 9.55. The lowest BCUT2D eigenvalue weighted by Gasteiger charge is -2.22. The van der Waals surface area contributed by atoms with Crippen LogP contribution in [0.15, 0.2) is 0 Å². The number of rotatable bonds is 37. The highest BCUT2D eigenvalue weighted by Crippen LogP contribution is 2.06. The second-order valence-electron chi connectivity index (χ2n) is 9.55. The van der Waals surface area contributed by atoms with Crippen molar-refractivity contribution in [2.45, 2.75) is 18.9 Å². The molecule has 1 rings (SSSR count). The first-order chi connectivity index (χ1) is 21.9. The van der Waals surface area contributed by atoms with Crippen LogP contribution in [0, 0.1) is 0 Å². The minimum atomic E-state index is 0.372. The molecule has 1 saturated heterocycles. The first-order valence-corrected chi connectivity index (χ1v) is 16.1. The first kappa shape index (κ1) is 41.5. The third-order valence-corrected chi connectivity index (χ3v) is 6.02. The lowest BCUT2D eigenvalue weighted by molar-refractivity contribution is -0.0327. The molecule has 0 spiro atoms. The topological polar surface area (TPSA) is 132 Å². The highest BCUT2D eigenvalue weighted by atomic mass is 16.6. The van der Waals surface area contributed by atoms with Crippen molar-refractivity contribution in [3.63, 3.8) is 0 Å². The Morgan fingerprint density at radius 2 is 0.568 bits per heavy atom.